The molecule has 1 N–H and O–H groups in total. The summed E-state index contributed by atoms with van der Waals surface area (Å²) in [6, 6.07) is 0. The summed E-state index contributed by atoms with van der Waals surface area (Å²) in [6.45, 7) is 9.86. The fourth-order valence-corrected chi connectivity index (χ4v) is 4.41. The Morgan fingerprint density at radius 3 is 2.58 bits per heavy atom. The molecule has 0 aromatic carbocycles. The minimum Gasteiger partial charge on any atom is -0.444 e. The van der Waals surface area contributed by atoms with Crippen LogP contribution in [0.2, 0.25) is 0 Å². The second-order valence-electron chi connectivity index (χ2n) is 9.43. The van der Waals surface area contributed by atoms with E-state index in [1.165, 1.54) is 11.3 Å². The molecule has 4 unspecified atom stereocenters. The van der Waals surface area contributed by atoms with Gasteiger partial charge in [0.2, 0.25) is 5.91 Å². The molecule has 1 heterocycles. The van der Waals surface area contributed by atoms with Crippen LogP contribution >= 0.6 is 0 Å². The summed E-state index contributed by atoms with van der Waals surface area (Å²) < 4.78 is 17.3. The van der Waals surface area contributed by atoms with Crippen molar-refractivity contribution in [3.63, 3.8) is 0 Å². The molecule has 4 rings (SSSR count). The highest BCUT2D eigenvalue weighted by Crippen LogP contribution is 2.61. The van der Waals surface area contributed by atoms with Crippen LogP contribution < -0.4 is 5.32 Å². The first-order chi connectivity index (χ1) is 12.0. The summed E-state index contributed by atoms with van der Waals surface area (Å²) in [6.07, 6.45) is 2.32. The molecule has 3 saturated carbocycles. The second kappa shape index (κ2) is 6.71. The van der Waals surface area contributed by atoms with Gasteiger partial charge in [-0.25, -0.2) is 4.79 Å². The highest BCUT2D eigenvalue weighted by atomic mass is 16.7. The zero-order valence-electron chi connectivity index (χ0n) is 16.7. The van der Waals surface area contributed by atoms with Crippen LogP contribution in [-0.4, -0.2) is 61.9 Å². The van der Waals surface area contributed by atoms with E-state index in [1.54, 1.807) is 27.8 Å². The number of nitrogens with zero attached hydrogens (tertiary/aromatic N) is 1. The fraction of sp³-hybridized carbons (Fsp3) is 0.889. The molecule has 26 heavy (non-hydrogen) atoms. The summed E-state index contributed by atoms with van der Waals surface area (Å²) >= 11 is 0. The third-order valence-electron chi connectivity index (χ3n) is 6.09. The molecule has 0 aromatic rings. The minimum absolute atomic E-state index is 0.108. The van der Waals surface area contributed by atoms with Crippen molar-refractivity contribution < 1.29 is 23.6 Å². The van der Waals surface area contributed by atoms with Crippen LogP contribution in [0.4, 0.5) is 4.79 Å². The third-order valence-corrected chi connectivity index (χ3v) is 6.09. The molecule has 1 aliphatic heterocycles. The van der Waals surface area contributed by atoms with Crippen molar-refractivity contribution in [2.75, 3.05) is 20.0 Å². The van der Waals surface area contributed by atoms with E-state index < -0.39 is 18.8 Å². The van der Waals surface area contributed by atoms with Crippen molar-refractivity contribution in [2.24, 2.45) is 17.3 Å². The van der Waals surface area contributed by atoms with Gasteiger partial charge in [0.25, 0.3) is 0 Å². The number of hydrogen-bond donors (Lipinski definition) is 1. The molecule has 0 aromatic heterocycles. The lowest BCUT2D eigenvalue weighted by Crippen LogP contribution is -2.59. The summed E-state index contributed by atoms with van der Waals surface area (Å²) in [5.74, 6) is 1.06. The number of nitrogens with one attached hydrogen (secondary N) is 1. The van der Waals surface area contributed by atoms with Gasteiger partial charge in [0, 0.05) is 7.05 Å². The van der Waals surface area contributed by atoms with E-state index in [2.05, 4.69) is 19.2 Å². The van der Waals surface area contributed by atoms with Gasteiger partial charge in [0.05, 0.1) is 18.7 Å². The van der Waals surface area contributed by atoms with Gasteiger partial charge in [-0.05, 0) is 50.9 Å². The molecular weight excluding hydrogens is 335 g/mol. The lowest BCUT2D eigenvalue weighted by atomic mass is 9.47. The molecule has 4 atom stereocenters. The Morgan fingerprint density at radius 2 is 1.96 bits per heavy atom. The van der Waals surface area contributed by atoms with Crippen LogP contribution in [0.25, 0.3) is 0 Å². The first-order valence-electron chi connectivity index (χ1n) is 9.49. The van der Waals surface area contributed by atoms with Gasteiger partial charge in [0.15, 0.2) is 0 Å². The van der Waals surface area contributed by atoms with Crippen LogP contribution in [0.5, 0.6) is 0 Å². The maximum Gasteiger partial charge on any atom is 0.478 e. The van der Waals surface area contributed by atoms with E-state index in [-0.39, 0.29) is 24.7 Å². The molecule has 2 amide bonds. The average molecular weight is 366 g/mol. The smallest absolute Gasteiger partial charge is 0.444 e. The molecule has 0 spiro atoms. The largest absolute Gasteiger partial charge is 0.478 e. The van der Waals surface area contributed by atoms with Gasteiger partial charge in [-0.15, -0.1) is 0 Å². The number of rotatable bonds is 4. The molecule has 3 aliphatic carbocycles. The predicted molar refractivity (Wildman–Crippen MR) is 97.4 cm³/mol. The number of likely N-dealkylation sites (N-methyl/N-ethyl adjacent to an activating group) is 1. The number of ether oxygens (including phenoxy) is 1. The van der Waals surface area contributed by atoms with E-state index in [0.717, 1.165) is 6.42 Å². The van der Waals surface area contributed by atoms with Crippen LogP contribution in [0.3, 0.4) is 0 Å². The quantitative estimate of drug-likeness (QED) is 0.769. The van der Waals surface area contributed by atoms with Crippen molar-refractivity contribution in [3.05, 3.63) is 0 Å². The number of amides is 2. The van der Waals surface area contributed by atoms with E-state index in [0.29, 0.717) is 23.7 Å². The molecule has 7 nitrogen and oxygen atoms in total. The van der Waals surface area contributed by atoms with Crippen LogP contribution in [0.1, 0.15) is 47.5 Å². The standard InChI is InChI=1S/C18H31BN2O5/c1-17(2,3)24-16(23)20-9-14(22)21(6)10-19-25-13-8-11-7-12(15(13)26-19)18(11,4)5/h11-13,15H,7-10H2,1-6H3,(H,20,23). The zero-order valence-corrected chi connectivity index (χ0v) is 16.7. The minimum atomic E-state index is -0.597. The van der Waals surface area contributed by atoms with Gasteiger partial charge in [-0.1, -0.05) is 13.8 Å². The first kappa shape index (κ1) is 19.5. The van der Waals surface area contributed by atoms with Crippen molar-refractivity contribution in [2.45, 2.75) is 65.3 Å². The van der Waals surface area contributed by atoms with Gasteiger partial charge < -0.3 is 24.3 Å². The lowest BCUT2D eigenvalue weighted by Gasteiger charge is -2.60. The maximum absolute atomic E-state index is 12.2. The first-order valence-corrected chi connectivity index (χ1v) is 9.49. The lowest BCUT2D eigenvalue weighted by molar-refractivity contribution is -0.150. The van der Waals surface area contributed by atoms with Crippen molar-refractivity contribution in [1.29, 1.82) is 0 Å². The Hall–Kier alpha value is -1.28. The van der Waals surface area contributed by atoms with Gasteiger partial charge in [-0.3, -0.25) is 4.79 Å². The molecular formula is C18H31BN2O5. The molecule has 4 fully saturated rings. The topological polar surface area (TPSA) is 77.1 Å². The van der Waals surface area contributed by atoms with Crippen LogP contribution in [-0.2, 0) is 18.8 Å². The monoisotopic (exact) mass is 366 g/mol. The highest BCUT2D eigenvalue weighted by molar-refractivity contribution is 6.45. The van der Waals surface area contributed by atoms with Gasteiger partial charge >= 0.3 is 13.2 Å². The maximum atomic E-state index is 12.2. The Balaban J connectivity index is 1.43. The van der Waals surface area contributed by atoms with Crippen LogP contribution in [0.15, 0.2) is 0 Å². The third kappa shape index (κ3) is 3.86. The summed E-state index contributed by atoms with van der Waals surface area (Å²) in [4.78, 5) is 25.4. The Bertz CT molecular complexity index is 576. The Kier molecular flexibility index (Phi) is 5.03. The average Bonchev–Trinajstić information content (AvgIpc) is 2.92. The van der Waals surface area contributed by atoms with E-state index in [4.69, 9.17) is 14.0 Å². The van der Waals surface area contributed by atoms with E-state index >= 15 is 0 Å². The summed E-state index contributed by atoms with van der Waals surface area (Å²) in [5.41, 5.74) is -0.256. The molecule has 8 heteroatoms. The Labute approximate surface area is 156 Å². The number of carbonyl (C=O) groups is 2. The fourth-order valence-electron chi connectivity index (χ4n) is 4.41. The van der Waals surface area contributed by atoms with Crippen LogP contribution in [0, 0.1) is 17.3 Å². The Morgan fingerprint density at radius 1 is 1.27 bits per heavy atom. The second-order valence-corrected chi connectivity index (χ2v) is 9.43. The highest BCUT2D eigenvalue weighted by Gasteiger charge is 2.61. The number of hydrogen-bond acceptors (Lipinski definition) is 5. The van der Waals surface area contributed by atoms with Gasteiger partial charge in [0.1, 0.15) is 12.1 Å². The normalized spacial score (nSPS) is 31.7. The van der Waals surface area contributed by atoms with E-state index in [9.17, 15) is 9.59 Å². The summed E-state index contributed by atoms with van der Waals surface area (Å²) in [5, 5.41) is 2.49. The molecule has 4 aliphatic rings. The molecule has 2 bridgehead atoms. The van der Waals surface area contributed by atoms with Gasteiger partial charge in [-0.2, -0.15) is 0 Å². The molecule has 1 saturated heterocycles. The zero-order chi connectivity index (χ0) is 19.3. The van der Waals surface area contributed by atoms with E-state index in [1.807, 2.05) is 0 Å². The van der Waals surface area contributed by atoms with Crippen molar-refractivity contribution in [3.8, 4) is 0 Å². The molecule has 146 valence electrons. The van der Waals surface area contributed by atoms with Crippen molar-refractivity contribution >= 4 is 19.1 Å². The number of alkyl carbamates (subject to hydrolysis) is 1. The number of carbonyl (C=O) groups excluding carboxylic acids is 2. The SMILES string of the molecule is CN(CB1OC2CC3CC(C2O1)C3(C)C)C(=O)CNC(=O)OC(C)(C)C. The predicted octanol–water partition coefficient (Wildman–Crippen LogP) is 1.85. The van der Waals surface area contributed by atoms with Crippen molar-refractivity contribution in [1.82, 2.24) is 10.2 Å². The summed E-state index contributed by atoms with van der Waals surface area (Å²) in [7, 11) is 1.30. The molecule has 0 radical (unpaired) electrons.